The van der Waals surface area contributed by atoms with Gasteiger partial charge < -0.3 is 24.9 Å². The van der Waals surface area contributed by atoms with E-state index in [0.29, 0.717) is 42.1 Å². The first-order chi connectivity index (χ1) is 19.0. The number of likely N-dealkylation sites (tertiary alicyclic amines) is 1. The SMILES string of the molecule is Cc1[nH]c(=O)c(C#N)cc1-c1ccnc(OCCN2CCC(NCC(O)COc3ccccc3C#N)CC2)c1. The van der Waals surface area contributed by atoms with Crippen molar-refractivity contribution >= 4 is 0 Å². The van der Waals surface area contributed by atoms with Crippen LogP contribution in [0.25, 0.3) is 11.1 Å². The fraction of sp³-hybridized carbons (Fsp3) is 0.379. The molecule has 1 aliphatic rings. The zero-order valence-electron chi connectivity index (χ0n) is 21.9. The molecule has 3 heterocycles. The van der Waals surface area contributed by atoms with Crippen molar-refractivity contribution in [3.8, 4) is 34.9 Å². The van der Waals surface area contributed by atoms with Gasteiger partial charge in [0.2, 0.25) is 5.88 Å². The van der Waals surface area contributed by atoms with E-state index in [4.69, 9.17) is 14.7 Å². The van der Waals surface area contributed by atoms with Crippen molar-refractivity contribution in [1.82, 2.24) is 20.2 Å². The van der Waals surface area contributed by atoms with Gasteiger partial charge in [0.1, 0.15) is 42.8 Å². The number of nitrogens with zero attached hydrogens (tertiary/aromatic N) is 4. The number of para-hydroxylation sites is 1. The maximum Gasteiger partial charge on any atom is 0.266 e. The second kappa shape index (κ2) is 13.5. The lowest BCUT2D eigenvalue weighted by Crippen LogP contribution is -2.46. The Hall–Kier alpha value is -4.22. The second-order valence-electron chi connectivity index (χ2n) is 9.49. The maximum absolute atomic E-state index is 11.8. The summed E-state index contributed by atoms with van der Waals surface area (Å²) < 4.78 is 11.5. The molecule has 0 saturated carbocycles. The van der Waals surface area contributed by atoms with E-state index in [1.165, 1.54) is 0 Å². The molecule has 0 radical (unpaired) electrons. The van der Waals surface area contributed by atoms with Gasteiger partial charge in [0.05, 0.1) is 5.56 Å². The number of aryl methyl sites for hydroxylation is 1. The van der Waals surface area contributed by atoms with Crippen LogP contribution in [-0.4, -0.2) is 71.5 Å². The zero-order chi connectivity index (χ0) is 27.6. The van der Waals surface area contributed by atoms with Crippen molar-refractivity contribution in [3.63, 3.8) is 0 Å². The van der Waals surface area contributed by atoms with E-state index < -0.39 is 11.7 Å². The first-order valence-electron chi connectivity index (χ1n) is 13.0. The summed E-state index contributed by atoms with van der Waals surface area (Å²) in [7, 11) is 0. The first kappa shape index (κ1) is 27.8. The number of H-pyrrole nitrogens is 1. The van der Waals surface area contributed by atoms with Crippen LogP contribution in [0.1, 0.15) is 29.7 Å². The van der Waals surface area contributed by atoms with Crippen LogP contribution < -0.4 is 20.3 Å². The Kier molecular flexibility index (Phi) is 9.65. The number of rotatable bonds is 11. The van der Waals surface area contributed by atoms with Crippen LogP contribution in [0, 0.1) is 29.6 Å². The van der Waals surface area contributed by atoms with Crippen molar-refractivity contribution in [2.45, 2.75) is 31.9 Å². The number of ether oxygens (including phenoxy) is 2. The summed E-state index contributed by atoms with van der Waals surface area (Å²) in [6, 6.07) is 16.5. The molecule has 1 fully saturated rings. The summed E-state index contributed by atoms with van der Waals surface area (Å²) in [4.78, 5) is 21.2. The maximum atomic E-state index is 11.8. The summed E-state index contributed by atoms with van der Waals surface area (Å²) in [6.07, 6.45) is 2.91. The summed E-state index contributed by atoms with van der Waals surface area (Å²) in [5.41, 5.74) is 2.38. The Morgan fingerprint density at radius 1 is 1.15 bits per heavy atom. The van der Waals surface area contributed by atoms with E-state index >= 15 is 0 Å². The minimum Gasteiger partial charge on any atom is -0.489 e. The molecule has 202 valence electrons. The Bertz CT molecular complexity index is 1400. The molecule has 1 aromatic carbocycles. The lowest BCUT2D eigenvalue weighted by atomic mass is 10.0. The fourth-order valence-electron chi connectivity index (χ4n) is 4.53. The number of piperidine rings is 1. The molecule has 0 aliphatic carbocycles. The van der Waals surface area contributed by atoms with E-state index in [1.807, 2.05) is 18.2 Å². The number of hydrogen-bond donors (Lipinski definition) is 3. The van der Waals surface area contributed by atoms with Crippen LogP contribution in [0.4, 0.5) is 0 Å². The standard InChI is InChI=1S/C29H32N6O4/c1-20-26(14-23(17-31)29(37)34-20)21-6-9-32-28(15-21)38-13-12-35-10-7-24(8-11-35)33-18-25(36)19-39-27-5-3-2-4-22(27)16-30/h2-6,9,14-15,24-25,33,36H,7-8,10-13,18-19H2,1H3,(H,34,37). The molecule has 1 atom stereocenters. The molecular weight excluding hydrogens is 496 g/mol. The van der Waals surface area contributed by atoms with Crippen molar-refractivity contribution in [1.29, 1.82) is 10.5 Å². The largest absolute Gasteiger partial charge is 0.489 e. The van der Waals surface area contributed by atoms with E-state index in [2.05, 4.69) is 26.3 Å². The Labute approximate surface area is 227 Å². The molecule has 1 aliphatic heterocycles. The van der Waals surface area contributed by atoms with Gasteiger partial charge in [-0.2, -0.15) is 10.5 Å². The van der Waals surface area contributed by atoms with Crippen LogP contribution >= 0.6 is 0 Å². The van der Waals surface area contributed by atoms with E-state index in [9.17, 15) is 15.2 Å². The number of nitrogens with one attached hydrogen (secondary N) is 2. The summed E-state index contributed by atoms with van der Waals surface area (Å²) in [5.74, 6) is 0.970. The molecule has 0 bridgehead atoms. The Morgan fingerprint density at radius 2 is 1.92 bits per heavy atom. The number of aliphatic hydroxyl groups is 1. The molecule has 0 spiro atoms. The number of aromatic amines is 1. The van der Waals surface area contributed by atoms with Crippen LogP contribution in [0.2, 0.25) is 0 Å². The number of aromatic nitrogens is 2. The van der Waals surface area contributed by atoms with Gasteiger partial charge in [-0.05, 0) is 62.7 Å². The number of pyridine rings is 2. The van der Waals surface area contributed by atoms with Crippen LogP contribution in [0.5, 0.6) is 11.6 Å². The fourth-order valence-corrected chi connectivity index (χ4v) is 4.53. The lowest BCUT2D eigenvalue weighted by molar-refractivity contribution is 0.0970. The molecule has 39 heavy (non-hydrogen) atoms. The lowest BCUT2D eigenvalue weighted by Gasteiger charge is -2.32. The molecule has 0 amide bonds. The number of hydrogen-bond acceptors (Lipinski definition) is 9. The van der Waals surface area contributed by atoms with Gasteiger partial charge in [0, 0.05) is 42.7 Å². The number of nitriles is 2. The van der Waals surface area contributed by atoms with Crippen molar-refractivity contribution in [2.24, 2.45) is 0 Å². The summed E-state index contributed by atoms with van der Waals surface area (Å²) >= 11 is 0. The molecule has 4 rings (SSSR count). The van der Waals surface area contributed by atoms with E-state index in [1.54, 1.807) is 43.5 Å². The quantitative estimate of drug-likeness (QED) is 0.341. The molecular formula is C29H32N6O4. The molecule has 1 saturated heterocycles. The van der Waals surface area contributed by atoms with E-state index in [-0.39, 0.29) is 12.2 Å². The topological polar surface area (TPSA) is 147 Å². The predicted molar refractivity (Wildman–Crippen MR) is 145 cm³/mol. The molecule has 3 N–H and O–H groups in total. The van der Waals surface area contributed by atoms with Crippen molar-refractivity contribution in [2.75, 3.05) is 39.4 Å². The highest BCUT2D eigenvalue weighted by Gasteiger charge is 2.20. The van der Waals surface area contributed by atoms with Gasteiger partial charge in [-0.15, -0.1) is 0 Å². The van der Waals surface area contributed by atoms with Gasteiger partial charge in [0.15, 0.2) is 0 Å². The van der Waals surface area contributed by atoms with Crippen molar-refractivity contribution in [3.05, 3.63) is 75.8 Å². The first-order valence-corrected chi connectivity index (χ1v) is 13.0. The Balaban J connectivity index is 1.17. The van der Waals surface area contributed by atoms with Gasteiger partial charge in [-0.3, -0.25) is 9.69 Å². The molecule has 2 aromatic heterocycles. The number of aliphatic hydroxyl groups excluding tert-OH is 1. The monoisotopic (exact) mass is 528 g/mol. The highest BCUT2D eigenvalue weighted by Crippen LogP contribution is 2.24. The highest BCUT2D eigenvalue weighted by atomic mass is 16.5. The van der Waals surface area contributed by atoms with Crippen LogP contribution in [-0.2, 0) is 0 Å². The normalized spacial score (nSPS) is 14.8. The third-order valence-electron chi connectivity index (χ3n) is 6.73. The summed E-state index contributed by atoms with van der Waals surface area (Å²) in [6.45, 7) is 5.44. The van der Waals surface area contributed by atoms with Crippen LogP contribution in [0.15, 0.2) is 53.5 Å². The molecule has 3 aromatic rings. The predicted octanol–water partition coefficient (Wildman–Crippen LogP) is 2.36. The molecule has 10 heteroatoms. The van der Waals surface area contributed by atoms with Crippen molar-refractivity contribution < 1.29 is 14.6 Å². The zero-order valence-corrected chi connectivity index (χ0v) is 21.9. The second-order valence-corrected chi connectivity index (χ2v) is 9.49. The van der Waals surface area contributed by atoms with Gasteiger partial charge in [-0.25, -0.2) is 4.98 Å². The highest BCUT2D eigenvalue weighted by molar-refractivity contribution is 5.67. The Morgan fingerprint density at radius 3 is 2.69 bits per heavy atom. The number of benzene rings is 1. The van der Waals surface area contributed by atoms with Crippen LogP contribution in [0.3, 0.4) is 0 Å². The van der Waals surface area contributed by atoms with Gasteiger partial charge in [0.25, 0.3) is 5.56 Å². The van der Waals surface area contributed by atoms with E-state index in [0.717, 1.165) is 43.6 Å². The third kappa shape index (κ3) is 7.65. The average molecular weight is 529 g/mol. The average Bonchev–Trinajstić information content (AvgIpc) is 2.96. The smallest absolute Gasteiger partial charge is 0.266 e. The van der Waals surface area contributed by atoms with Gasteiger partial charge in [-0.1, -0.05) is 12.1 Å². The molecule has 1 unspecified atom stereocenters. The minimum absolute atomic E-state index is 0.0667. The third-order valence-corrected chi connectivity index (χ3v) is 6.73. The van der Waals surface area contributed by atoms with Gasteiger partial charge >= 0.3 is 0 Å². The minimum atomic E-state index is -0.669. The summed E-state index contributed by atoms with van der Waals surface area (Å²) in [5, 5.41) is 32.0. The molecule has 10 nitrogen and oxygen atoms in total.